The molecule has 3 N–H and O–H groups in total. The lowest BCUT2D eigenvalue weighted by Gasteiger charge is -2.32. The van der Waals surface area contributed by atoms with Gasteiger partial charge in [-0.1, -0.05) is 37.7 Å². The normalized spacial score (nSPS) is 19.6. The van der Waals surface area contributed by atoms with Crippen molar-refractivity contribution in [2.75, 3.05) is 5.32 Å². The molecule has 2 aromatic rings. The molecule has 0 radical (unpaired) electrons. The van der Waals surface area contributed by atoms with Crippen molar-refractivity contribution in [3.63, 3.8) is 0 Å². The van der Waals surface area contributed by atoms with Gasteiger partial charge in [0.2, 0.25) is 0 Å². The molecule has 6 nitrogen and oxygen atoms in total. The first kappa shape index (κ1) is 18.8. The lowest BCUT2D eigenvalue weighted by atomic mass is 9.76. The Labute approximate surface area is 167 Å². The Morgan fingerprint density at radius 3 is 2.89 bits per heavy atom. The van der Waals surface area contributed by atoms with Gasteiger partial charge in [0.1, 0.15) is 11.6 Å². The van der Waals surface area contributed by atoms with Gasteiger partial charge in [0.25, 0.3) is 5.56 Å². The van der Waals surface area contributed by atoms with Crippen molar-refractivity contribution in [3.8, 4) is 5.75 Å². The Hall–Kier alpha value is -2.54. The Morgan fingerprint density at radius 2 is 2.14 bits per heavy atom. The van der Waals surface area contributed by atoms with Crippen molar-refractivity contribution >= 4 is 23.4 Å². The monoisotopic (exact) mass is 397 g/mol. The van der Waals surface area contributed by atoms with Gasteiger partial charge in [-0.25, -0.2) is 4.98 Å². The molecule has 4 rings (SSSR count). The number of fused-ring (bicyclic) bond motifs is 1. The lowest BCUT2D eigenvalue weighted by molar-refractivity contribution is -0.116. The molecule has 0 saturated carbocycles. The molecule has 146 valence electrons. The van der Waals surface area contributed by atoms with Crippen molar-refractivity contribution < 1.29 is 9.90 Å². The van der Waals surface area contributed by atoms with Gasteiger partial charge in [0, 0.05) is 28.9 Å². The van der Waals surface area contributed by atoms with E-state index in [0.717, 1.165) is 30.5 Å². The number of ketones is 1. The topological polar surface area (TPSA) is 95.1 Å². The molecule has 1 aliphatic carbocycles. The second-order valence-corrected chi connectivity index (χ2v) is 8.72. The predicted molar refractivity (Wildman–Crippen MR) is 110 cm³/mol. The van der Waals surface area contributed by atoms with Crippen LogP contribution in [0, 0.1) is 0 Å². The fraction of sp³-hybridized carbons (Fsp3) is 0.381. The summed E-state index contributed by atoms with van der Waals surface area (Å²) in [4.78, 5) is 33.4. The van der Waals surface area contributed by atoms with Crippen molar-refractivity contribution in [2.45, 2.75) is 55.9 Å². The van der Waals surface area contributed by atoms with E-state index in [1.807, 2.05) is 6.07 Å². The average molecular weight is 398 g/mol. The number of thioether (sulfide) groups is 1. The number of aromatic amines is 1. The van der Waals surface area contributed by atoms with E-state index >= 15 is 0 Å². The van der Waals surface area contributed by atoms with E-state index in [4.69, 9.17) is 0 Å². The summed E-state index contributed by atoms with van der Waals surface area (Å²) in [6.45, 7) is 4.18. The molecule has 1 aromatic carbocycles. The molecule has 0 bridgehead atoms. The van der Waals surface area contributed by atoms with Crippen molar-refractivity contribution in [1.82, 2.24) is 9.97 Å². The number of hydrogen-bond acceptors (Lipinski definition) is 6. The van der Waals surface area contributed by atoms with Crippen LogP contribution < -0.4 is 10.9 Å². The van der Waals surface area contributed by atoms with Gasteiger partial charge in [-0.15, -0.1) is 0 Å². The van der Waals surface area contributed by atoms with Gasteiger partial charge in [0.15, 0.2) is 10.9 Å². The number of Topliss-reactive ketones (excluding diaryl/α,β-unsaturated/α-hetero) is 1. The summed E-state index contributed by atoms with van der Waals surface area (Å²) in [5, 5.41) is 14.1. The summed E-state index contributed by atoms with van der Waals surface area (Å²) >= 11 is 1.53. The maximum Gasteiger partial charge on any atom is 0.257 e. The lowest BCUT2D eigenvalue weighted by Crippen LogP contribution is -2.32. The molecule has 2 aliphatic rings. The smallest absolute Gasteiger partial charge is 0.257 e. The van der Waals surface area contributed by atoms with Crippen molar-refractivity contribution in [2.24, 2.45) is 0 Å². The van der Waals surface area contributed by atoms with E-state index in [1.165, 1.54) is 11.8 Å². The molecular weight excluding hydrogens is 374 g/mol. The van der Waals surface area contributed by atoms with Crippen LogP contribution >= 0.6 is 11.8 Å². The second kappa shape index (κ2) is 7.47. The highest BCUT2D eigenvalue weighted by Gasteiger charge is 2.38. The minimum absolute atomic E-state index is 0.0465. The first-order valence-electron chi connectivity index (χ1n) is 9.61. The van der Waals surface area contributed by atoms with E-state index in [9.17, 15) is 14.7 Å². The number of nitrogens with zero attached hydrogens (tertiary/aromatic N) is 1. The van der Waals surface area contributed by atoms with Gasteiger partial charge in [-0.05, 0) is 37.0 Å². The van der Waals surface area contributed by atoms with Crippen LogP contribution in [0.2, 0.25) is 0 Å². The third-order valence-electron chi connectivity index (χ3n) is 5.33. The molecule has 0 fully saturated rings. The third-order valence-corrected chi connectivity index (χ3v) is 6.48. The van der Waals surface area contributed by atoms with Crippen molar-refractivity contribution in [1.29, 1.82) is 0 Å². The summed E-state index contributed by atoms with van der Waals surface area (Å²) in [7, 11) is 0. The molecule has 2 atom stereocenters. The molecule has 1 aliphatic heterocycles. The molecule has 0 spiro atoms. The molecule has 1 aromatic heterocycles. The maximum absolute atomic E-state index is 13.1. The molecule has 0 amide bonds. The summed E-state index contributed by atoms with van der Waals surface area (Å²) in [5.74, 6) is 0.142. The summed E-state index contributed by atoms with van der Waals surface area (Å²) in [6.07, 6.45) is 2.97. The van der Waals surface area contributed by atoms with Crippen LogP contribution in [0.4, 0.5) is 5.82 Å². The number of allylic oxidation sites excluding steroid dienone is 2. The van der Waals surface area contributed by atoms with Crippen LogP contribution in [-0.2, 0) is 4.79 Å². The number of benzene rings is 1. The van der Waals surface area contributed by atoms with Gasteiger partial charge in [-0.2, -0.15) is 0 Å². The van der Waals surface area contributed by atoms with Gasteiger partial charge >= 0.3 is 0 Å². The largest absolute Gasteiger partial charge is 0.508 e. The van der Waals surface area contributed by atoms with Gasteiger partial charge in [0.05, 0.1) is 5.56 Å². The molecule has 0 saturated heterocycles. The average Bonchev–Trinajstić information content (AvgIpc) is 2.66. The van der Waals surface area contributed by atoms with Crippen LogP contribution in [0.25, 0.3) is 0 Å². The van der Waals surface area contributed by atoms with E-state index in [0.29, 0.717) is 33.8 Å². The Kier molecular flexibility index (Phi) is 5.02. The third kappa shape index (κ3) is 3.35. The number of phenolic OH excluding ortho intramolecular Hbond substituents is 1. The Morgan fingerprint density at radius 1 is 1.32 bits per heavy atom. The highest BCUT2D eigenvalue weighted by atomic mass is 32.2. The Bertz CT molecular complexity index is 1030. The van der Waals surface area contributed by atoms with Crippen LogP contribution in [0.1, 0.15) is 56.6 Å². The number of hydrogen-bond donors (Lipinski definition) is 3. The van der Waals surface area contributed by atoms with Crippen LogP contribution in [0.15, 0.2) is 45.5 Å². The van der Waals surface area contributed by atoms with Crippen LogP contribution in [0.3, 0.4) is 0 Å². The number of H-pyrrole nitrogens is 1. The molecule has 28 heavy (non-hydrogen) atoms. The number of carbonyl (C=O) groups excluding carboxylic acids is 1. The number of nitrogens with one attached hydrogen (secondary N) is 2. The first-order chi connectivity index (χ1) is 13.5. The van der Waals surface area contributed by atoms with Crippen LogP contribution in [-0.4, -0.2) is 26.1 Å². The minimum atomic E-state index is -0.523. The molecular formula is C21H23N3O3S. The van der Waals surface area contributed by atoms with Gasteiger partial charge in [-0.3, -0.25) is 9.59 Å². The summed E-state index contributed by atoms with van der Waals surface area (Å²) in [6, 6.07) is 6.77. The number of rotatable bonds is 4. The van der Waals surface area contributed by atoms with Gasteiger partial charge < -0.3 is 15.4 Å². The molecule has 2 unspecified atom stereocenters. The predicted octanol–water partition coefficient (Wildman–Crippen LogP) is 3.93. The minimum Gasteiger partial charge on any atom is -0.508 e. The number of aromatic hydroxyl groups is 1. The van der Waals surface area contributed by atoms with E-state index in [2.05, 4.69) is 29.1 Å². The number of anilines is 1. The first-order valence-corrected chi connectivity index (χ1v) is 10.5. The number of carbonyl (C=O) groups is 1. The maximum atomic E-state index is 13.1. The zero-order valence-corrected chi connectivity index (χ0v) is 16.7. The zero-order chi connectivity index (χ0) is 19.8. The molecule has 7 heteroatoms. The Balaban J connectivity index is 1.90. The standard InChI is InChI=1S/C21H23N3O3S/c1-3-11(2)28-21-23-19-18(20(27)24-21)16(12-6-4-7-13(25)10-12)17-14(22-19)8-5-9-15(17)26/h4,6-7,10-11,16,25H,3,5,8-9H2,1-2H3,(H2,22,23,24,27). The van der Waals surface area contributed by atoms with E-state index in [1.54, 1.807) is 18.2 Å². The fourth-order valence-electron chi connectivity index (χ4n) is 3.81. The number of aromatic nitrogens is 2. The van der Waals surface area contributed by atoms with E-state index in [-0.39, 0.29) is 17.1 Å². The van der Waals surface area contributed by atoms with Crippen molar-refractivity contribution in [3.05, 3.63) is 57.0 Å². The number of phenols is 1. The molecule has 2 heterocycles. The highest BCUT2D eigenvalue weighted by molar-refractivity contribution is 7.99. The van der Waals surface area contributed by atoms with E-state index < -0.39 is 5.92 Å². The second-order valence-electron chi connectivity index (χ2n) is 7.29. The SMILES string of the molecule is CCC(C)Sc1nc2c(c(=O)[nH]1)C(c1cccc(O)c1)C1=C(CCCC1=O)N2. The fourth-order valence-corrected chi connectivity index (χ4v) is 4.65. The summed E-state index contributed by atoms with van der Waals surface area (Å²) < 4.78 is 0. The quantitative estimate of drug-likeness (QED) is 0.534. The highest BCUT2D eigenvalue weighted by Crippen LogP contribution is 2.44. The summed E-state index contributed by atoms with van der Waals surface area (Å²) in [5.41, 5.74) is 2.38. The van der Waals surface area contributed by atoms with Crippen LogP contribution in [0.5, 0.6) is 5.75 Å². The zero-order valence-electron chi connectivity index (χ0n) is 15.9.